The second-order valence-electron chi connectivity index (χ2n) is 5.05. The fourth-order valence-corrected chi connectivity index (χ4v) is 2.16. The molecule has 0 unspecified atom stereocenters. The zero-order chi connectivity index (χ0) is 16.2. The molecule has 3 rings (SSSR count). The van der Waals surface area contributed by atoms with Crippen molar-refractivity contribution < 1.29 is 18.1 Å². The molecule has 0 aliphatic rings. The third-order valence-corrected chi connectivity index (χ3v) is 3.40. The molecule has 0 spiro atoms. The van der Waals surface area contributed by atoms with Gasteiger partial charge in [-0.2, -0.15) is 0 Å². The summed E-state index contributed by atoms with van der Waals surface area (Å²) in [6.07, 6.45) is 3.27. The van der Waals surface area contributed by atoms with Crippen LogP contribution in [-0.4, -0.2) is 10.8 Å². The largest absolute Gasteiger partial charge is 0.290 e. The summed E-state index contributed by atoms with van der Waals surface area (Å²) in [7, 11) is 0. The van der Waals surface area contributed by atoms with E-state index in [-0.39, 0.29) is 24.0 Å². The number of carbonyl (C=O) groups is 1. The predicted molar refractivity (Wildman–Crippen MR) is 80.6 cm³/mol. The SMILES string of the molecule is O=C(C[n+]1ccc(-c2ccc(F)cc2)nc1)c1ccc(F)cc1. The number of Topliss-reactive ketones (excluding diaryl/α,β-unsaturated/α-hetero) is 1. The summed E-state index contributed by atoms with van der Waals surface area (Å²) in [5.74, 6) is -0.810. The maximum atomic E-state index is 12.9. The van der Waals surface area contributed by atoms with Crippen LogP contribution in [0.2, 0.25) is 0 Å². The van der Waals surface area contributed by atoms with E-state index in [1.165, 1.54) is 36.4 Å². The van der Waals surface area contributed by atoms with Gasteiger partial charge in [0.25, 0.3) is 6.33 Å². The van der Waals surface area contributed by atoms with Gasteiger partial charge < -0.3 is 0 Å². The van der Waals surface area contributed by atoms with E-state index in [4.69, 9.17) is 0 Å². The summed E-state index contributed by atoms with van der Waals surface area (Å²) in [4.78, 5) is 16.4. The first-order chi connectivity index (χ1) is 11.1. The van der Waals surface area contributed by atoms with Gasteiger partial charge in [-0.1, -0.05) is 0 Å². The van der Waals surface area contributed by atoms with E-state index in [0.29, 0.717) is 11.3 Å². The molecular formula is C18H13F2N2O+. The Kier molecular flexibility index (Phi) is 4.19. The van der Waals surface area contributed by atoms with Crippen molar-refractivity contribution in [1.82, 2.24) is 4.98 Å². The highest BCUT2D eigenvalue weighted by atomic mass is 19.1. The van der Waals surface area contributed by atoms with E-state index in [1.54, 1.807) is 35.3 Å². The van der Waals surface area contributed by atoms with Crippen molar-refractivity contribution in [2.45, 2.75) is 6.54 Å². The number of ketones is 1. The topological polar surface area (TPSA) is 33.8 Å². The summed E-state index contributed by atoms with van der Waals surface area (Å²) in [5, 5.41) is 0. The van der Waals surface area contributed by atoms with Crippen LogP contribution in [0.15, 0.2) is 67.1 Å². The molecule has 0 radical (unpaired) electrons. The third kappa shape index (κ3) is 3.63. The highest BCUT2D eigenvalue weighted by Gasteiger charge is 2.12. The van der Waals surface area contributed by atoms with Gasteiger partial charge in [-0.25, -0.2) is 13.3 Å². The van der Waals surface area contributed by atoms with Gasteiger partial charge >= 0.3 is 0 Å². The molecule has 0 aliphatic carbocycles. The Morgan fingerprint density at radius 2 is 1.52 bits per heavy atom. The van der Waals surface area contributed by atoms with E-state index >= 15 is 0 Å². The van der Waals surface area contributed by atoms with Crippen LogP contribution in [0.1, 0.15) is 10.4 Å². The van der Waals surface area contributed by atoms with E-state index in [0.717, 1.165) is 5.56 Å². The van der Waals surface area contributed by atoms with Gasteiger partial charge in [0.1, 0.15) is 11.6 Å². The van der Waals surface area contributed by atoms with E-state index in [2.05, 4.69) is 4.98 Å². The van der Waals surface area contributed by atoms with Crippen LogP contribution in [0.25, 0.3) is 11.3 Å². The molecule has 0 bridgehead atoms. The van der Waals surface area contributed by atoms with Crippen LogP contribution in [0.4, 0.5) is 8.78 Å². The molecule has 0 saturated heterocycles. The summed E-state index contributed by atoms with van der Waals surface area (Å²) in [6, 6.07) is 13.2. The number of halogens is 2. The minimum absolute atomic E-state index is 0.113. The lowest BCUT2D eigenvalue weighted by Gasteiger charge is -2.01. The van der Waals surface area contributed by atoms with Crippen molar-refractivity contribution >= 4 is 5.78 Å². The zero-order valence-corrected chi connectivity index (χ0v) is 12.1. The van der Waals surface area contributed by atoms with Crippen molar-refractivity contribution in [2.24, 2.45) is 0 Å². The average molecular weight is 311 g/mol. The van der Waals surface area contributed by atoms with Crippen LogP contribution in [-0.2, 0) is 6.54 Å². The number of hydrogen-bond donors (Lipinski definition) is 0. The first kappa shape index (κ1) is 15.0. The average Bonchev–Trinajstić information content (AvgIpc) is 2.57. The third-order valence-electron chi connectivity index (χ3n) is 3.40. The minimum Gasteiger partial charge on any atom is -0.290 e. The van der Waals surface area contributed by atoms with Crippen LogP contribution in [0.3, 0.4) is 0 Å². The van der Waals surface area contributed by atoms with Crippen molar-refractivity contribution in [3.8, 4) is 11.3 Å². The smallest absolute Gasteiger partial charge is 0.287 e. The van der Waals surface area contributed by atoms with E-state index in [1.807, 2.05) is 0 Å². The van der Waals surface area contributed by atoms with Gasteiger partial charge in [-0.3, -0.25) is 4.79 Å². The summed E-state index contributed by atoms with van der Waals surface area (Å²) < 4.78 is 27.4. The molecule has 5 heteroatoms. The lowest BCUT2D eigenvalue weighted by atomic mass is 10.1. The van der Waals surface area contributed by atoms with Crippen molar-refractivity contribution in [2.75, 3.05) is 0 Å². The highest BCUT2D eigenvalue weighted by molar-refractivity contribution is 5.94. The molecule has 0 fully saturated rings. The molecule has 1 aromatic heterocycles. The molecule has 0 aliphatic heterocycles. The number of benzene rings is 2. The van der Waals surface area contributed by atoms with Crippen molar-refractivity contribution in [1.29, 1.82) is 0 Å². The molecule has 23 heavy (non-hydrogen) atoms. The van der Waals surface area contributed by atoms with Crippen LogP contribution in [0.5, 0.6) is 0 Å². The summed E-state index contributed by atoms with van der Waals surface area (Å²) in [5.41, 5.74) is 1.93. The van der Waals surface area contributed by atoms with Gasteiger partial charge in [0.05, 0.1) is 6.20 Å². The Morgan fingerprint density at radius 1 is 0.913 bits per heavy atom. The minimum atomic E-state index is -0.375. The summed E-state index contributed by atoms with van der Waals surface area (Å²) in [6.45, 7) is 0.113. The molecular weight excluding hydrogens is 298 g/mol. The number of rotatable bonds is 4. The quantitative estimate of drug-likeness (QED) is 0.548. The molecule has 0 saturated carbocycles. The number of carbonyl (C=O) groups excluding carboxylic acids is 1. The van der Waals surface area contributed by atoms with Crippen LogP contribution < -0.4 is 4.57 Å². The van der Waals surface area contributed by atoms with Gasteiger partial charge in [0.2, 0.25) is 5.78 Å². The van der Waals surface area contributed by atoms with Crippen LogP contribution >= 0.6 is 0 Å². The molecule has 114 valence electrons. The van der Waals surface area contributed by atoms with Crippen molar-refractivity contribution in [3.05, 3.63) is 84.3 Å². The monoisotopic (exact) mass is 311 g/mol. The van der Waals surface area contributed by atoms with Gasteiger partial charge in [-0.05, 0) is 53.5 Å². The Morgan fingerprint density at radius 3 is 2.09 bits per heavy atom. The highest BCUT2D eigenvalue weighted by Crippen LogP contribution is 2.15. The first-order valence-electron chi connectivity index (χ1n) is 7.01. The van der Waals surface area contributed by atoms with E-state index < -0.39 is 0 Å². The number of aromatic nitrogens is 2. The Balaban J connectivity index is 1.73. The van der Waals surface area contributed by atoms with Crippen LogP contribution in [0, 0.1) is 11.6 Å². The second kappa shape index (κ2) is 6.44. The Hall–Kier alpha value is -2.95. The van der Waals surface area contributed by atoms with Gasteiger partial charge in [-0.15, -0.1) is 0 Å². The molecule has 0 N–H and O–H groups in total. The molecule has 2 aromatic carbocycles. The normalized spacial score (nSPS) is 10.5. The number of nitrogens with zero attached hydrogens (tertiary/aromatic N) is 2. The Bertz CT molecular complexity index is 813. The lowest BCUT2D eigenvalue weighted by Crippen LogP contribution is -2.37. The summed E-state index contributed by atoms with van der Waals surface area (Å²) >= 11 is 0. The molecule has 3 aromatic rings. The van der Waals surface area contributed by atoms with Gasteiger partial charge in [0, 0.05) is 17.2 Å². The second-order valence-corrected chi connectivity index (χ2v) is 5.05. The fourth-order valence-electron chi connectivity index (χ4n) is 2.16. The molecule has 1 heterocycles. The standard InChI is InChI=1S/C18H13F2N2O/c19-15-5-1-13(2-6-15)17-9-10-22(12-21-17)11-18(23)14-3-7-16(20)8-4-14/h1-10,12H,11H2/q+1. The Labute approximate surface area is 131 Å². The first-order valence-corrected chi connectivity index (χ1v) is 7.01. The van der Waals surface area contributed by atoms with Crippen molar-refractivity contribution in [3.63, 3.8) is 0 Å². The fraction of sp³-hybridized carbons (Fsp3) is 0.0556. The maximum Gasteiger partial charge on any atom is 0.287 e. The maximum absolute atomic E-state index is 12.9. The van der Waals surface area contributed by atoms with Gasteiger partial charge in [0.15, 0.2) is 12.2 Å². The molecule has 0 atom stereocenters. The lowest BCUT2D eigenvalue weighted by molar-refractivity contribution is -0.686. The molecule has 3 nitrogen and oxygen atoms in total. The number of hydrogen-bond acceptors (Lipinski definition) is 2. The van der Waals surface area contributed by atoms with E-state index in [9.17, 15) is 13.6 Å². The zero-order valence-electron chi connectivity index (χ0n) is 12.1. The predicted octanol–water partition coefficient (Wildman–Crippen LogP) is 3.20. The molecule has 0 amide bonds.